The fourth-order valence-corrected chi connectivity index (χ4v) is 5.33. The zero-order valence-electron chi connectivity index (χ0n) is 17.0. The zero-order valence-corrected chi connectivity index (χ0v) is 17.8. The van der Waals surface area contributed by atoms with Gasteiger partial charge in [0.2, 0.25) is 0 Å². The number of methoxy groups -OCH3 is 1. The number of benzene rings is 1. The normalized spacial score (nSPS) is 22.4. The number of hydrogen-bond donors (Lipinski definition) is 0. The molecule has 1 saturated heterocycles. The highest BCUT2D eigenvalue weighted by Gasteiger charge is 2.43. The van der Waals surface area contributed by atoms with Crippen LogP contribution in [0.4, 0.5) is 0 Å². The predicted octanol–water partition coefficient (Wildman–Crippen LogP) is 1.87. The number of rotatable bonds is 5. The van der Waals surface area contributed by atoms with Gasteiger partial charge in [0.1, 0.15) is 11.6 Å². The van der Waals surface area contributed by atoms with Crippen LogP contribution in [0.2, 0.25) is 0 Å². The highest BCUT2D eigenvalue weighted by molar-refractivity contribution is 7.91. The van der Waals surface area contributed by atoms with Gasteiger partial charge in [-0.1, -0.05) is 6.07 Å². The summed E-state index contributed by atoms with van der Waals surface area (Å²) < 4.78 is 34.6. The molecule has 158 valence electrons. The Hall–Kier alpha value is -3.12. The molecule has 1 fully saturated rings. The van der Waals surface area contributed by atoms with E-state index in [4.69, 9.17) is 9.47 Å². The largest absolute Gasteiger partial charge is 0.493 e. The summed E-state index contributed by atoms with van der Waals surface area (Å²) in [6, 6.07) is 6.21. The summed E-state index contributed by atoms with van der Waals surface area (Å²) in [5, 5.41) is 9.49. The van der Waals surface area contributed by atoms with Gasteiger partial charge < -0.3 is 9.47 Å². The Bertz CT molecular complexity index is 1110. The van der Waals surface area contributed by atoms with Crippen molar-refractivity contribution < 1.29 is 27.5 Å². The van der Waals surface area contributed by atoms with E-state index in [0.29, 0.717) is 23.7 Å². The molecule has 0 spiro atoms. The molecule has 1 aromatic carbocycles. The number of hydrogen-bond acceptors (Lipinski definition) is 7. The minimum Gasteiger partial charge on any atom is -0.493 e. The number of carbonyl (C=O) groups excluding carboxylic acids is 2. The SMILES string of the molecule is CCOc1ccc(/C=C2/C(=O)N(C3CCS(=O)(=O)C3)C(=O)C(C#N)=C2C)cc1OC. The van der Waals surface area contributed by atoms with Gasteiger partial charge in [-0.3, -0.25) is 14.5 Å². The van der Waals surface area contributed by atoms with Crippen molar-refractivity contribution in [1.82, 2.24) is 4.90 Å². The lowest BCUT2D eigenvalue weighted by atomic mass is 9.92. The lowest BCUT2D eigenvalue weighted by Crippen LogP contribution is -2.49. The van der Waals surface area contributed by atoms with Gasteiger partial charge in [0.15, 0.2) is 21.3 Å². The summed E-state index contributed by atoms with van der Waals surface area (Å²) in [6.07, 6.45) is 1.73. The number of ether oxygens (including phenoxy) is 2. The maximum Gasteiger partial charge on any atom is 0.271 e. The van der Waals surface area contributed by atoms with E-state index in [9.17, 15) is 23.3 Å². The van der Waals surface area contributed by atoms with Crippen LogP contribution in [0.1, 0.15) is 25.8 Å². The molecular weight excluding hydrogens is 408 g/mol. The van der Waals surface area contributed by atoms with Crippen molar-refractivity contribution in [1.29, 1.82) is 5.26 Å². The monoisotopic (exact) mass is 430 g/mol. The van der Waals surface area contributed by atoms with Gasteiger partial charge in [-0.25, -0.2) is 8.42 Å². The third-order valence-corrected chi connectivity index (χ3v) is 6.90. The van der Waals surface area contributed by atoms with E-state index in [1.165, 1.54) is 14.0 Å². The Balaban J connectivity index is 2.07. The molecule has 2 amide bonds. The molecule has 1 unspecified atom stereocenters. The summed E-state index contributed by atoms with van der Waals surface area (Å²) in [7, 11) is -1.82. The molecule has 0 aliphatic carbocycles. The summed E-state index contributed by atoms with van der Waals surface area (Å²) in [4.78, 5) is 26.9. The molecular formula is C21H22N2O6S. The summed E-state index contributed by atoms with van der Waals surface area (Å²) in [5.74, 6) is -0.697. The molecule has 8 nitrogen and oxygen atoms in total. The summed E-state index contributed by atoms with van der Waals surface area (Å²) in [5.41, 5.74) is 0.880. The third-order valence-electron chi connectivity index (χ3n) is 5.14. The first-order valence-corrected chi connectivity index (χ1v) is 11.3. The maximum absolute atomic E-state index is 13.2. The number of nitriles is 1. The number of amides is 2. The Morgan fingerprint density at radius 2 is 2.00 bits per heavy atom. The summed E-state index contributed by atoms with van der Waals surface area (Å²) >= 11 is 0. The molecule has 0 N–H and O–H groups in total. The van der Waals surface area contributed by atoms with Crippen molar-refractivity contribution in [3.63, 3.8) is 0 Å². The Morgan fingerprint density at radius 1 is 1.27 bits per heavy atom. The van der Waals surface area contributed by atoms with E-state index in [1.807, 2.05) is 13.0 Å². The van der Waals surface area contributed by atoms with Crippen molar-refractivity contribution in [2.24, 2.45) is 0 Å². The molecule has 0 aromatic heterocycles. The predicted molar refractivity (Wildman–Crippen MR) is 109 cm³/mol. The minimum atomic E-state index is -3.32. The molecule has 0 radical (unpaired) electrons. The first kappa shape index (κ1) is 21.6. The first-order valence-electron chi connectivity index (χ1n) is 9.44. The van der Waals surface area contributed by atoms with Gasteiger partial charge in [-0.2, -0.15) is 5.26 Å². The van der Waals surface area contributed by atoms with Crippen molar-refractivity contribution in [3.8, 4) is 17.6 Å². The quantitative estimate of drug-likeness (QED) is 0.517. The van der Waals surface area contributed by atoms with Crippen molar-refractivity contribution in [2.45, 2.75) is 26.3 Å². The van der Waals surface area contributed by atoms with Gasteiger partial charge >= 0.3 is 0 Å². The molecule has 0 bridgehead atoms. The second-order valence-corrected chi connectivity index (χ2v) is 9.28. The molecule has 2 aliphatic rings. The molecule has 2 heterocycles. The molecule has 2 aliphatic heterocycles. The van der Waals surface area contributed by atoms with Crippen LogP contribution in [0.15, 0.2) is 34.9 Å². The topological polar surface area (TPSA) is 114 Å². The Kier molecular flexibility index (Phi) is 5.99. The minimum absolute atomic E-state index is 0.0888. The second-order valence-electron chi connectivity index (χ2n) is 7.05. The number of imide groups is 1. The number of nitrogens with zero attached hydrogens (tertiary/aromatic N) is 2. The van der Waals surface area contributed by atoms with E-state index in [-0.39, 0.29) is 34.6 Å². The molecule has 1 aromatic rings. The van der Waals surface area contributed by atoms with Gasteiger partial charge in [-0.15, -0.1) is 0 Å². The highest BCUT2D eigenvalue weighted by Crippen LogP contribution is 2.33. The molecule has 1 atom stereocenters. The van der Waals surface area contributed by atoms with Crippen molar-refractivity contribution >= 4 is 27.7 Å². The molecule has 30 heavy (non-hydrogen) atoms. The lowest BCUT2D eigenvalue weighted by Gasteiger charge is -2.31. The van der Waals surface area contributed by atoms with Crippen LogP contribution in [0.3, 0.4) is 0 Å². The van der Waals surface area contributed by atoms with Crippen LogP contribution in [0, 0.1) is 11.3 Å². The highest BCUT2D eigenvalue weighted by atomic mass is 32.2. The summed E-state index contributed by atoms with van der Waals surface area (Å²) in [6.45, 7) is 3.85. The average Bonchev–Trinajstić information content (AvgIpc) is 3.06. The standard InChI is InChI=1S/C21H22N2O6S/c1-4-29-18-6-5-14(10-19(18)28-3)9-16-13(2)17(11-22)21(25)23(20(16)24)15-7-8-30(26,27)12-15/h5-6,9-10,15H,4,7-8,12H2,1-3H3/b16-9+. The van der Waals surface area contributed by atoms with Crippen LogP contribution in [-0.4, -0.2) is 56.4 Å². The van der Waals surface area contributed by atoms with Crippen LogP contribution in [0.5, 0.6) is 11.5 Å². The van der Waals surface area contributed by atoms with E-state index in [2.05, 4.69) is 0 Å². The lowest BCUT2D eigenvalue weighted by molar-refractivity contribution is -0.142. The van der Waals surface area contributed by atoms with Gasteiger partial charge in [0.05, 0.1) is 31.3 Å². The van der Waals surface area contributed by atoms with Crippen molar-refractivity contribution in [2.75, 3.05) is 25.2 Å². The van der Waals surface area contributed by atoms with E-state index in [1.54, 1.807) is 24.3 Å². The van der Waals surface area contributed by atoms with Crippen LogP contribution < -0.4 is 9.47 Å². The second kappa shape index (κ2) is 8.32. The van der Waals surface area contributed by atoms with Gasteiger partial charge in [-0.05, 0) is 49.6 Å². The maximum atomic E-state index is 13.2. The average molecular weight is 430 g/mol. The van der Waals surface area contributed by atoms with Crippen molar-refractivity contribution in [3.05, 3.63) is 40.5 Å². The number of sulfone groups is 1. The molecule has 9 heteroatoms. The number of carbonyl (C=O) groups is 2. The fourth-order valence-electron chi connectivity index (χ4n) is 3.63. The van der Waals surface area contributed by atoms with Crippen LogP contribution in [0.25, 0.3) is 6.08 Å². The smallest absolute Gasteiger partial charge is 0.271 e. The first-order chi connectivity index (χ1) is 14.2. The molecule has 3 rings (SSSR count). The van der Waals surface area contributed by atoms with Crippen LogP contribution >= 0.6 is 0 Å². The van der Waals surface area contributed by atoms with Gasteiger partial charge in [0, 0.05) is 5.57 Å². The Morgan fingerprint density at radius 3 is 2.57 bits per heavy atom. The van der Waals surface area contributed by atoms with Crippen LogP contribution in [-0.2, 0) is 19.4 Å². The third kappa shape index (κ3) is 3.96. The zero-order chi connectivity index (χ0) is 22.1. The molecule has 0 saturated carbocycles. The fraction of sp³-hybridized carbons (Fsp3) is 0.381. The van der Waals surface area contributed by atoms with Gasteiger partial charge in [0.25, 0.3) is 11.8 Å². The van der Waals surface area contributed by atoms with E-state index >= 15 is 0 Å². The van der Waals surface area contributed by atoms with E-state index < -0.39 is 27.7 Å². The Labute approximate surface area is 175 Å². The van der Waals surface area contributed by atoms with E-state index in [0.717, 1.165) is 4.90 Å².